The molecule has 0 N–H and O–H groups in total. The van der Waals surface area contributed by atoms with E-state index in [0.29, 0.717) is 11.6 Å². The van der Waals surface area contributed by atoms with Crippen LogP contribution >= 0.6 is 0 Å². The molecule has 0 bridgehead atoms. The minimum Gasteiger partial charge on any atom is -0.308 e. The highest BCUT2D eigenvalue weighted by molar-refractivity contribution is 6.12. The van der Waals surface area contributed by atoms with Gasteiger partial charge in [0.25, 0.3) is 0 Å². The maximum Gasteiger partial charge on any atom is 0.162 e. The Morgan fingerprint density at radius 1 is 0.275 bits per heavy atom. The molecule has 0 radical (unpaired) electrons. The Balaban J connectivity index is 1.15. The average Bonchev–Trinajstić information content (AvgIpc) is 3.74. The fraction of sp³-hybridized carbons (Fsp3) is 0.0312. The van der Waals surface area contributed by atoms with Gasteiger partial charge in [0.15, 0.2) is 11.6 Å². The number of fused-ring (bicyclic) bond motifs is 3. The molecule has 5 heteroatoms. The molecule has 69 heavy (non-hydrogen) atoms. The van der Waals surface area contributed by atoms with Crippen molar-refractivity contribution in [2.75, 3.05) is 0 Å². The van der Waals surface area contributed by atoms with Crippen molar-refractivity contribution in [3.05, 3.63) is 248 Å². The van der Waals surface area contributed by atoms with E-state index < -0.39 is 0 Å². The Morgan fingerprint density at radius 2 is 0.638 bits per heavy atom. The van der Waals surface area contributed by atoms with Gasteiger partial charge in [-0.05, 0) is 90.7 Å². The van der Waals surface area contributed by atoms with Crippen LogP contribution in [0.15, 0.2) is 237 Å². The largest absolute Gasteiger partial charge is 0.308 e. The predicted octanol–water partition coefficient (Wildman–Crippen LogP) is 16.3. The first-order chi connectivity index (χ1) is 34.0. The highest BCUT2D eigenvalue weighted by atomic mass is 15.0. The predicted molar refractivity (Wildman–Crippen MR) is 285 cm³/mol. The number of hydrogen-bond acceptors (Lipinski definition) is 4. The highest BCUT2D eigenvalue weighted by Gasteiger charge is 2.22. The third-order valence-corrected chi connectivity index (χ3v) is 12.9. The summed E-state index contributed by atoms with van der Waals surface area (Å²) < 4.78 is 2.39. The highest BCUT2D eigenvalue weighted by Crippen LogP contribution is 2.41. The Labute approximate surface area is 401 Å². The minimum absolute atomic E-state index is 0.595. The van der Waals surface area contributed by atoms with Crippen molar-refractivity contribution in [1.82, 2.24) is 24.5 Å². The van der Waals surface area contributed by atoms with Crippen molar-refractivity contribution >= 4 is 21.8 Å². The lowest BCUT2D eigenvalue weighted by Gasteiger charge is -2.17. The van der Waals surface area contributed by atoms with Gasteiger partial charge in [0.1, 0.15) is 0 Å². The minimum atomic E-state index is 0.595. The monoisotopic (exact) mass is 883 g/mol. The van der Waals surface area contributed by atoms with E-state index in [9.17, 15) is 0 Å². The van der Waals surface area contributed by atoms with Gasteiger partial charge in [-0.15, -0.1) is 0 Å². The Bertz CT molecular complexity index is 3620. The van der Waals surface area contributed by atoms with Crippen LogP contribution in [-0.4, -0.2) is 24.5 Å². The van der Waals surface area contributed by atoms with E-state index in [1.165, 1.54) is 22.3 Å². The summed E-state index contributed by atoms with van der Waals surface area (Å²) in [5.41, 5.74) is 19.3. The molecule has 0 saturated heterocycles. The number of aryl methyl sites for hydroxylation is 2. The van der Waals surface area contributed by atoms with Crippen molar-refractivity contribution < 1.29 is 0 Å². The van der Waals surface area contributed by atoms with Gasteiger partial charge < -0.3 is 4.57 Å². The van der Waals surface area contributed by atoms with Crippen LogP contribution in [0.25, 0.3) is 118 Å². The van der Waals surface area contributed by atoms with E-state index in [0.717, 1.165) is 94.8 Å². The first-order valence-corrected chi connectivity index (χ1v) is 23.4. The fourth-order valence-electron chi connectivity index (χ4n) is 9.51. The third-order valence-electron chi connectivity index (χ3n) is 12.9. The van der Waals surface area contributed by atoms with Crippen molar-refractivity contribution in [1.29, 1.82) is 0 Å². The second-order valence-corrected chi connectivity index (χ2v) is 17.7. The molecule has 0 unspecified atom stereocenters. The van der Waals surface area contributed by atoms with Crippen LogP contribution in [0.5, 0.6) is 0 Å². The summed E-state index contributed by atoms with van der Waals surface area (Å²) in [6.07, 6.45) is 0. The van der Waals surface area contributed by atoms with Gasteiger partial charge in [-0.3, -0.25) is 0 Å². The summed E-state index contributed by atoms with van der Waals surface area (Å²) in [5.74, 6) is 1.20. The number of hydrogen-bond donors (Lipinski definition) is 0. The summed E-state index contributed by atoms with van der Waals surface area (Å²) in [7, 11) is 0. The molecular formula is C64H45N5. The zero-order valence-electron chi connectivity index (χ0n) is 38.3. The topological polar surface area (TPSA) is 56.5 Å². The Kier molecular flexibility index (Phi) is 10.6. The van der Waals surface area contributed by atoms with Crippen molar-refractivity contribution in [3.63, 3.8) is 0 Å². The third kappa shape index (κ3) is 8.06. The van der Waals surface area contributed by atoms with Gasteiger partial charge in [-0.1, -0.05) is 193 Å². The lowest BCUT2D eigenvalue weighted by molar-refractivity contribution is 1.13. The summed E-state index contributed by atoms with van der Waals surface area (Å²) >= 11 is 0. The molecule has 0 amide bonds. The van der Waals surface area contributed by atoms with Crippen LogP contribution in [0, 0.1) is 13.8 Å². The number of aromatic nitrogens is 5. The molecule has 9 aromatic carbocycles. The molecule has 326 valence electrons. The van der Waals surface area contributed by atoms with Gasteiger partial charge in [-0.2, -0.15) is 0 Å². The molecule has 0 saturated carbocycles. The van der Waals surface area contributed by atoms with Crippen LogP contribution in [0.4, 0.5) is 0 Å². The van der Waals surface area contributed by atoms with Crippen LogP contribution in [-0.2, 0) is 0 Å². The lowest BCUT2D eigenvalue weighted by atomic mass is 9.99. The zero-order valence-corrected chi connectivity index (χ0v) is 38.3. The maximum absolute atomic E-state index is 5.45. The van der Waals surface area contributed by atoms with E-state index in [1.807, 2.05) is 48.5 Å². The standard InChI is InChI=1S/C64H45N5/c1-42-17-15-27-48(35-42)50-29-32-60-53(37-50)54-38-51(49-28-16-18-43(2)36-49)30-33-61(54)69(60)62-34-31-52(63-65-56(44-19-7-3-8-20-44)40-57(66-63)45-21-9-4-10-22-45)39-55(62)64-67-58(46-23-11-5-12-24-46)41-59(68-64)47-25-13-6-14-26-47/h3-41H,1-2H3. The van der Waals surface area contributed by atoms with Crippen molar-refractivity contribution in [3.8, 4) is 95.7 Å². The molecule has 12 rings (SSSR count). The first-order valence-electron chi connectivity index (χ1n) is 23.4. The van der Waals surface area contributed by atoms with Crippen LogP contribution < -0.4 is 0 Å². The fourth-order valence-corrected chi connectivity index (χ4v) is 9.51. The second-order valence-electron chi connectivity index (χ2n) is 17.7. The summed E-state index contributed by atoms with van der Waals surface area (Å²) in [5, 5.41) is 2.31. The summed E-state index contributed by atoms with van der Waals surface area (Å²) in [6, 6.07) is 83.3. The maximum atomic E-state index is 5.45. The van der Waals surface area contributed by atoms with Crippen LogP contribution in [0.3, 0.4) is 0 Å². The van der Waals surface area contributed by atoms with Crippen molar-refractivity contribution in [2.45, 2.75) is 13.8 Å². The van der Waals surface area contributed by atoms with E-state index in [4.69, 9.17) is 19.9 Å². The molecule has 0 aliphatic heterocycles. The number of benzene rings is 9. The lowest BCUT2D eigenvalue weighted by Crippen LogP contribution is -2.03. The van der Waals surface area contributed by atoms with Crippen LogP contribution in [0.2, 0.25) is 0 Å². The van der Waals surface area contributed by atoms with E-state index >= 15 is 0 Å². The van der Waals surface area contributed by atoms with Gasteiger partial charge in [-0.25, -0.2) is 19.9 Å². The molecule has 3 heterocycles. The number of nitrogens with zero attached hydrogens (tertiary/aromatic N) is 5. The summed E-state index contributed by atoms with van der Waals surface area (Å²) in [6.45, 7) is 4.30. The van der Waals surface area contributed by atoms with Gasteiger partial charge in [0.05, 0.1) is 39.5 Å². The molecule has 0 atom stereocenters. The molecule has 5 nitrogen and oxygen atoms in total. The molecule has 0 spiro atoms. The molecule has 0 aliphatic rings. The van der Waals surface area contributed by atoms with E-state index in [1.54, 1.807) is 0 Å². The smallest absolute Gasteiger partial charge is 0.162 e. The number of rotatable bonds is 9. The SMILES string of the molecule is Cc1cccc(-c2ccc3c(c2)c2cc(-c4cccc(C)c4)ccc2n3-c2ccc(-c3nc(-c4ccccc4)cc(-c4ccccc4)n3)cc2-c2nc(-c3ccccc3)cc(-c3ccccc3)n2)c1. The van der Waals surface area contributed by atoms with Crippen molar-refractivity contribution in [2.24, 2.45) is 0 Å². The first kappa shape index (κ1) is 41.4. The Hall–Kier alpha value is -9.06. The quantitative estimate of drug-likeness (QED) is 0.145. The molecule has 3 aromatic heterocycles. The second kappa shape index (κ2) is 17.6. The Morgan fingerprint density at radius 3 is 1.04 bits per heavy atom. The molecule has 0 fully saturated rings. The van der Waals surface area contributed by atoms with Gasteiger partial charge in [0, 0.05) is 44.2 Å². The zero-order chi connectivity index (χ0) is 46.3. The molecular weight excluding hydrogens is 839 g/mol. The summed E-state index contributed by atoms with van der Waals surface area (Å²) in [4.78, 5) is 21.5. The molecule has 0 aliphatic carbocycles. The average molecular weight is 884 g/mol. The molecule has 12 aromatic rings. The van der Waals surface area contributed by atoms with Gasteiger partial charge in [0.2, 0.25) is 0 Å². The van der Waals surface area contributed by atoms with Gasteiger partial charge >= 0.3 is 0 Å². The van der Waals surface area contributed by atoms with E-state index in [-0.39, 0.29) is 0 Å². The normalized spacial score (nSPS) is 11.3. The van der Waals surface area contributed by atoms with Crippen LogP contribution in [0.1, 0.15) is 11.1 Å². The van der Waals surface area contributed by atoms with E-state index in [2.05, 4.69) is 206 Å².